The molecule has 0 saturated carbocycles. The Kier molecular flexibility index (Phi) is 6.96. The minimum absolute atomic E-state index is 0.103. The van der Waals surface area contributed by atoms with Crippen molar-refractivity contribution in [2.75, 3.05) is 38.0 Å². The number of thiophene rings is 1. The summed E-state index contributed by atoms with van der Waals surface area (Å²) in [6, 6.07) is 10.5. The van der Waals surface area contributed by atoms with Crippen molar-refractivity contribution in [2.45, 2.75) is 0 Å². The molecule has 1 aromatic heterocycles. The highest BCUT2D eigenvalue weighted by atomic mass is 35.5. The van der Waals surface area contributed by atoms with Gasteiger partial charge in [0.25, 0.3) is 5.91 Å². The number of rotatable bonds is 4. The second kappa shape index (κ2) is 9.53. The van der Waals surface area contributed by atoms with E-state index in [4.69, 9.17) is 46.4 Å². The van der Waals surface area contributed by atoms with E-state index in [0.717, 1.165) is 10.1 Å². The number of anilines is 1. The average molecular weight is 517 g/mol. The first-order chi connectivity index (χ1) is 14.8. The fourth-order valence-corrected chi connectivity index (χ4v) is 5.68. The molecule has 162 valence electrons. The number of amides is 2. The monoisotopic (exact) mass is 515 g/mol. The largest absolute Gasteiger partial charge is 0.335 e. The van der Waals surface area contributed by atoms with Crippen LogP contribution < -0.4 is 5.32 Å². The number of hydrogen-bond acceptors (Lipinski definition) is 4. The van der Waals surface area contributed by atoms with Crippen LogP contribution in [-0.4, -0.2) is 54.3 Å². The van der Waals surface area contributed by atoms with Crippen LogP contribution in [0.4, 0.5) is 5.69 Å². The van der Waals surface area contributed by atoms with E-state index in [1.165, 1.54) is 11.3 Å². The van der Waals surface area contributed by atoms with Crippen LogP contribution in [0.5, 0.6) is 0 Å². The lowest BCUT2D eigenvalue weighted by Gasteiger charge is -2.34. The molecule has 0 unspecified atom stereocenters. The highest BCUT2D eigenvalue weighted by molar-refractivity contribution is 7.21. The molecule has 5 nitrogen and oxygen atoms in total. The maximum atomic E-state index is 13.0. The number of halogens is 4. The molecule has 0 atom stereocenters. The molecular formula is C21H17Cl4N3O2S. The van der Waals surface area contributed by atoms with E-state index in [1.54, 1.807) is 29.2 Å². The van der Waals surface area contributed by atoms with Crippen molar-refractivity contribution < 1.29 is 9.59 Å². The summed E-state index contributed by atoms with van der Waals surface area (Å²) in [6.45, 7) is 2.34. The third kappa shape index (κ3) is 4.95. The van der Waals surface area contributed by atoms with Crippen LogP contribution >= 0.6 is 57.7 Å². The van der Waals surface area contributed by atoms with Crippen molar-refractivity contribution in [1.82, 2.24) is 9.80 Å². The normalized spacial score (nSPS) is 14.8. The Labute approximate surface area is 203 Å². The van der Waals surface area contributed by atoms with Crippen molar-refractivity contribution in [1.29, 1.82) is 0 Å². The van der Waals surface area contributed by atoms with Crippen LogP contribution in [0.2, 0.25) is 20.1 Å². The van der Waals surface area contributed by atoms with Gasteiger partial charge in [0, 0.05) is 41.3 Å². The Morgan fingerprint density at radius 1 is 0.968 bits per heavy atom. The zero-order valence-electron chi connectivity index (χ0n) is 16.1. The second-order valence-corrected chi connectivity index (χ2v) is 9.78. The van der Waals surface area contributed by atoms with Crippen molar-refractivity contribution in [3.63, 3.8) is 0 Å². The molecule has 0 aliphatic carbocycles. The topological polar surface area (TPSA) is 52.7 Å². The molecule has 0 bridgehead atoms. The summed E-state index contributed by atoms with van der Waals surface area (Å²) in [5.41, 5.74) is 0.407. The summed E-state index contributed by atoms with van der Waals surface area (Å²) in [7, 11) is 0. The van der Waals surface area contributed by atoms with E-state index in [-0.39, 0.29) is 18.4 Å². The quantitative estimate of drug-likeness (QED) is 0.468. The maximum Gasteiger partial charge on any atom is 0.265 e. The van der Waals surface area contributed by atoms with Crippen LogP contribution in [0.25, 0.3) is 10.1 Å². The molecule has 1 saturated heterocycles. The van der Waals surface area contributed by atoms with Crippen LogP contribution in [-0.2, 0) is 4.79 Å². The van der Waals surface area contributed by atoms with E-state index >= 15 is 0 Å². The summed E-state index contributed by atoms with van der Waals surface area (Å²) in [5.74, 6) is -0.312. The van der Waals surface area contributed by atoms with Crippen molar-refractivity contribution in [2.24, 2.45) is 0 Å². The summed E-state index contributed by atoms with van der Waals surface area (Å²) in [5, 5.41) is 5.43. The molecule has 31 heavy (non-hydrogen) atoms. The van der Waals surface area contributed by atoms with Gasteiger partial charge in [-0.1, -0.05) is 58.5 Å². The molecule has 0 radical (unpaired) electrons. The van der Waals surface area contributed by atoms with E-state index in [1.807, 2.05) is 17.0 Å². The number of piperazine rings is 1. The van der Waals surface area contributed by atoms with Crippen LogP contribution in [0.3, 0.4) is 0 Å². The summed E-state index contributed by atoms with van der Waals surface area (Å²) >= 11 is 26.1. The van der Waals surface area contributed by atoms with Gasteiger partial charge >= 0.3 is 0 Å². The smallest absolute Gasteiger partial charge is 0.265 e. The van der Waals surface area contributed by atoms with Gasteiger partial charge in [-0.05, 0) is 24.3 Å². The molecule has 1 aliphatic rings. The predicted octanol–water partition coefficient (Wildman–Crippen LogP) is 5.91. The zero-order valence-corrected chi connectivity index (χ0v) is 20.0. The molecule has 1 aliphatic heterocycles. The van der Waals surface area contributed by atoms with Crippen LogP contribution in [0.15, 0.2) is 36.4 Å². The molecule has 3 aromatic rings. The number of nitrogens with one attached hydrogen (secondary N) is 1. The molecule has 1 fully saturated rings. The van der Waals surface area contributed by atoms with Gasteiger partial charge < -0.3 is 10.2 Å². The van der Waals surface area contributed by atoms with Gasteiger partial charge in [0.15, 0.2) is 0 Å². The summed E-state index contributed by atoms with van der Waals surface area (Å²) < 4.78 is 0.884. The summed E-state index contributed by atoms with van der Waals surface area (Å²) in [4.78, 5) is 29.7. The molecule has 10 heteroatoms. The molecular weight excluding hydrogens is 500 g/mol. The molecule has 2 amide bonds. The van der Waals surface area contributed by atoms with Gasteiger partial charge in [-0.25, -0.2) is 0 Å². The van der Waals surface area contributed by atoms with E-state index in [0.29, 0.717) is 56.8 Å². The number of nitrogens with zero attached hydrogens (tertiary/aromatic N) is 2. The molecule has 0 spiro atoms. The van der Waals surface area contributed by atoms with E-state index in [2.05, 4.69) is 5.32 Å². The van der Waals surface area contributed by atoms with Gasteiger partial charge in [-0.2, -0.15) is 0 Å². The highest BCUT2D eigenvalue weighted by Crippen LogP contribution is 2.37. The van der Waals surface area contributed by atoms with Crippen LogP contribution in [0.1, 0.15) is 9.67 Å². The third-order valence-corrected chi connectivity index (χ3v) is 7.55. The predicted molar refractivity (Wildman–Crippen MR) is 129 cm³/mol. The summed E-state index contributed by atoms with van der Waals surface area (Å²) in [6.07, 6.45) is 0. The lowest BCUT2D eigenvalue weighted by atomic mass is 10.2. The lowest BCUT2D eigenvalue weighted by Crippen LogP contribution is -2.50. The number of carbonyl (C=O) groups is 2. The van der Waals surface area contributed by atoms with Crippen molar-refractivity contribution in [3.05, 3.63) is 61.4 Å². The molecule has 1 N–H and O–H groups in total. The Hall–Kier alpha value is -1.54. The Bertz CT molecular complexity index is 1140. The Morgan fingerprint density at radius 2 is 1.65 bits per heavy atom. The van der Waals surface area contributed by atoms with Gasteiger partial charge in [0.05, 0.1) is 27.3 Å². The first-order valence-electron chi connectivity index (χ1n) is 9.46. The third-order valence-electron chi connectivity index (χ3n) is 5.04. The van der Waals surface area contributed by atoms with Gasteiger partial charge in [0.2, 0.25) is 5.91 Å². The van der Waals surface area contributed by atoms with E-state index < -0.39 is 0 Å². The zero-order chi connectivity index (χ0) is 22.1. The van der Waals surface area contributed by atoms with Crippen molar-refractivity contribution in [3.8, 4) is 0 Å². The number of para-hydroxylation sites is 1. The fourth-order valence-electron chi connectivity index (χ4n) is 3.43. The molecule has 4 rings (SSSR count). The van der Waals surface area contributed by atoms with E-state index in [9.17, 15) is 9.59 Å². The highest BCUT2D eigenvalue weighted by Gasteiger charge is 2.27. The van der Waals surface area contributed by atoms with Crippen molar-refractivity contribution >= 4 is 85.3 Å². The number of carbonyl (C=O) groups excluding carboxylic acids is 2. The van der Waals surface area contributed by atoms with Gasteiger partial charge in [-0.15, -0.1) is 11.3 Å². The van der Waals surface area contributed by atoms with Gasteiger partial charge in [-0.3, -0.25) is 14.5 Å². The average Bonchev–Trinajstić information content (AvgIpc) is 3.06. The maximum absolute atomic E-state index is 13.0. The molecule has 2 aromatic carbocycles. The number of benzene rings is 2. The fraction of sp³-hybridized carbons (Fsp3) is 0.238. The minimum Gasteiger partial charge on any atom is -0.335 e. The standard InChI is InChI=1S/C21H17Cl4N3O2S/c22-12-4-5-13-16(10-12)31-20(18(13)25)21(30)28-8-6-27(7-9-28)11-17(29)26-19-14(23)2-1-3-15(19)24/h1-5,10H,6-9,11H2,(H,26,29). The number of hydrogen-bond donors (Lipinski definition) is 1. The number of fused-ring (bicyclic) bond motifs is 1. The SMILES string of the molecule is O=C(CN1CCN(C(=O)c2sc3cc(Cl)ccc3c2Cl)CC1)Nc1c(Cl)cccc1Cl. The minimum atomic E-state index is -0.209. The first-order valence-corrected chi connectivity index (χ1v) is 11.8. The lowest BCUT2D eigenvalue weighted by molar-refractivity contribution is -0.117. The first kappa shape index (κ1) is 22.6. The van der Waals surface area contributed by atoms with Crippen LogP contribution in [0, 0.1) is 0 Å². The Morgan fingerprint density at radius 3 is 2.32 bits per heavy atom. The Balaban J connectivity index is 1.36. The second-order valence-electron chi connectivity index (χ2n) is 7.10. The molecule has 2 heterocycles. The van der Waals surface area contributed by atoms with Gasteiger partial charge in [0.1, 0.15) is 4.88 Å².